The Bertz CT molecular complexity index is 1010. The van der Waals surface area contributed by atoms with Crippen LogP contribution in [0.5, 0.6) is 0 Å². The van der Waals surface area contributed by atoms with Gasteiger partial charge in [0.2, 0.25) is 0 Å². The first-order valence-electron chi connectivity index (χ1n) is 7.56. The summed E-state index contributed by atoms with van der Waals surface area (Å²) in [5, 5.41) is 37.2. The van der Waals surface area contributed by atoms with E-state index in [1.165, 1.54) is 0 Å². The fourth-order valence-electron chi connectivity index (χ4n) is 2.99. The second kappa shape index (κ2) is 8.06. The molecule has 1 fully saturated rings. The van der Waals surface area contributed by atoms with E-state index in [1.54, 1.807) is 0 Å². The summed E-state index contributed by atoms with van der Waals surface area (Å²) in [4.78, 5) is 24.4. The molecule has 148 valence electrons. The topological polar surface area (TPSA) is 238 Å². The number of hydrogen-bond donors (Lipinski definition) is 1. The van der Waals surface area contributed by atoms with Gasteiger partial charge in [-0.3, -0.25) is 20.2 Å². The van der Waals surface area contributed by atoms with Crippen molar-refractivity contribution in [1.29, 1.82) is 0 Å². The van der Waals surface area contributed by atoms with Crippen molar-refractivity contribution in [2.75, 3.05) is 0 Å². The van der Waals surface area contributed by atoms with Crippen molar-refractivity contribution in [3.8, 4) is 0 Å². The quantitative estimate of drug-likeness (QED) is 0.239. The minimum absolute atomic E-state index is 0.349. The van der Waals surface area contributed by atoms with E-state index in [2.05, 4.69) is 20.1 Å². The highest BCUT2D eigenvalue weighted by Crippen LogP contribution is 2.37. The number of nitrogens with zero attached hydrogens (tertiary/aromatic N) is 8. The van der Waals surface area contributed by atoms with E-state index in [1.807, 2.05) is 0 Å². The van der Waals surface area contributed by atoms with Crippen molar-refractivity contribution in [2.24, 2.45) is 10.2 Å². The minimum Gasteiger partial charge on any atom is -0.393 e. The first kappa shape index (κ1) is 20.9. The molecule has 1 N–H and O–H groups in total. The van der Waals surface area contributed by atoms with Crippen LogP contribution < -0.4 is 0 Å². The number of aliphatic hydroxyl groups excluding tert-OH is 1. The van der Waals surface area contributed by atoms with Gasteiger partial charge in [0.05, 0.1) is 39.4 Å². The summed E-state index contributed by atoms with van der Waals surface area (Å²) < 4.78 is 26.1. The highest BCUT2D eigenvalue weighted by molar-refractivity contribution is 7.92. The van der Waals surface area contributed by atoms with Crippen LogP contribution in [0.2, 0.25) is 0 Å². The first-order chi connectivity index (χ1) is 13.1. The van der Waals surface area contributed by atoms with Crippen LogP contribution in [0.3, 0.4) is 0 Å². The normalized spacial score (nSPS) is 24.5. The van der Waals surface area contributed by atoms with Crippen molar-refractivity contribution >= 4 is 21.2 Å². The third-order valence-electron chi connectivity index (χ3n) is 4.29. The predicted octanol–water partition coefficient (Wildman–Crippen LogP) is 2.16. The van der Waals surface area contributed by atoms with Crippen LogP contribution in [0.15, 0.2) is 33.3 Å². The number of nitro benzene ring substituents is 2. The van der Waals surface area contributed by atoms with Crippen LogP contribution in [-0.4, -0.2) is 46.8 Å². The third kappa shape index (κ3) is 3.94. The van der Waals surface area contributed by atoms with Gasteiger partial charge in [0.1, 0.15) is 4.90 Å². The van der Waals surface area contributed by atoms with Crippen molar-refractivity contribution in [3.05, 3.63) is 59.3 Å². The zero-order chi connectivity index (χ0) is 21.1. The fraction of sp³-hybridized carbons (Fsp3) is 0.500. The molecule has 4 atom stereocenters. The number of benzene rings is 1. The number of azide groups is 2. The standard InChI is InChI=1S/C12H12N8O7S/c13-17-15-7-5-12(8(16-18-14)4-10(7)21)28(26,27)11-2-1-6(19(22)23)3-9(11)20(24)25/h1-3,7-8,10,12,21H,4-5H2/t7-,8-,10-,12-/m1/s1. The summed E-state index contributed by atoms with van der Waals surface area (Å²) in [6.45, 7) is 0. The second-order valence-electron chi connectivity index (χ2n) is 5.83. The maximum Gasteiger partial charge on any atom is 0.294 e. The van der Waals surface area contributed by atoms with Gasteiger partial charge in [-0.25, -0.2) is 8.42 Å². The maximum absolute atomic E-state index is 13.1. The number of non-ortho nitro benzene ring substituents is 1. The summed E-state index contributed by atoms with van der Waals surface area (Å²) >= 11 is 0. The molecule has 2 rings (SSSR count). The Hall–Kier alpha value is -3.45. The van der Waals surface area contributed by atoms with Crippen LogP contribution >= 0.6 is 0 Å². The number of aliphatic hydroxyl groups is 1. The molecule has 0 unspecified atom stereocenters. The van der Waals surface area contributed by atoms with Crippen molar-refractivity contribution in [1.82, 2.24) is 0 Å². The lowest BCUT2D eigenvalue weighted by Gasteiger charge is -2.34. The predicted molar refractivity (Wildman–Crippen MR) is 91.8 cm³/mol. The number of hydrogen-bond acceptors (Lipinski definition) is 9. The molecule has 0 heterocycles. The maximum atomic E-state index is 13.1. The number of rotatable bonds is 6. The van der Waals surface area contributed by atoms with Gasteiger partial charge in [0, 0.05) is 15.9 Å². The summed E-state index contributed by atoms with van der Waals surface area (Å²) in [5.74, 6) is 0. The molecule has 0 radical (unpaired) electrons. The number of sulfone groups is 1. The monoisotopic (exact) mass is 412 g/mol. The van der Waals surface area contributed by atoms with Gasteiger partial charge < -0.3 is 5.11 Å². The molecule has 1 saturated carbocycles. The molecule has 16 heteroatoms. The molecule has 28 heavy (non-hydrogen) atoms. The molecule has 0 spiro atoms. The van der Waals surface area contributed by atoms with E-state index in [0.29, 0.717) is 6.07 Å². The van der Waals surface area contributed by atoms with Crippen LogP contribution in [0.4, 0.5) is 11.4 Å². The van der Waals surface area contributed by atoms with Gasteiger partial charge in [0.25, 0.3) is 11.4 Å². The molecular weight excluding hydrogens is 400 g/mol. The van der Waals surface area contributed by atoms with Gasteiger partial charge in [-0.05, 0) is 30.0 Å². The molecule has 0 amide bonds. The lowest BCUT2D eigenvalue weighted by molar-refractivity contribution is -0.396. The summed E-state index contributed by atoms with van der Waals surface area (Å²) in [5.41, 5.74) is 15.6. The molecule has 0 aromatic heterocycles. The van der Waals surface area contributed by atoms with Crippen LogP contribution in [-0.2, 0) is 9.84 Å². The Morgan fingerprint density at radius 3 is 2.21 bits per heavy atom. The van der Waals surface area contributed by atoms with E-state index < -0.39 is 65.8 Å². The Balaban J connectivity index is 2.62. The van der Waals surface area contributed by atoms with Gasteiger partial charge in [-0.1, -0.05) is 10.2 Å². The van der Waals surface area contributed by atoms with Gasteiger partial charge in [0.15, 0.2) is 9.84 Å². The summed E-state index contributed by atoms with van der Waals surface area (Å²) in [6.07, 6.45) is -2.08. The second-order valence-corrected chi connectivity index (χ2v) is 7.97. The molecule has 1 aromatic rings. The SMILES string of the molecule is [N-]=[N+]=N[C@@H]1C[C@@H](S(=O)(=O)c2ccc([N+](=O)[O-])cc2[N+](=O)[O-])[C@H](N=[N+]=[N-])C[C@H]1O. The molecule has 1 aliphatic carbocycles. The smallest absolute Gasteiger partial charge is 0.294 e. The average Bonchev–Trinajstić information content (AvgIpc) is 2.63. The Kier molecular flexibility index (Phi) is 6.00. The molecule has 15 nitrogen and oxygen atoms in total. The Morgan fingerprint density at radius 2 is 1.68 bits per heavy atom. The lowest BCUT2D eigenvalue weighted by atomic mass is 9.89. The first-order valence-corrected chi connectivity index (χ1v) is 9.11. The van der Waals surface area contributed by atoms with Crippen LogP contribution in [0, 0.1) is 20.2 Å². The molecular formula is C12H12N8O7S. The zero-order valence-electron chi connectivity index (χ0n) is 13.8. The molecule has 1 aliphatic rings. The third-order valence-corrected chi connectivity index (χ3v) is 6.55. The Morgan fingerprint density at radius 1 is 1.07 bits per heavy atom. The van der Waals surface area contributed by atoms with E-state index in [9.17, 15) is 33.8 Å². The van der Waals surface area contributed by atoms with E-state index in [-0.39, 0.29) is 6.42 Å². The highest BCUT2D eigenvalue weighted by atomic mass is 32.2. The van der Waals surface area contributed by atoms with Crippen LogP contribution in [0.25, 0.3) is 20.9 Å². The van der Waals surface area contributed by atoms with E-state index in [4.69, 9.17) is 11.1 Å². The van der Waals surface area contributed by atoms with Crippen LogP contribution in [0.1, 0.15) is 12.8 Å². The zero-order valence-corrected chi connectivity index (χ0v) is 14.7. The summed E-state index contributed by atoms with van der Waals surface area (Å²) in [6, 6.07) is -0.410. The summed E-state index contributed by atoms with van der Waals surface area (Å²) in [7, 11) is -4.55. The van der Waals surface area contributed by atoms with Crippen molar-refractivity contribution < 1.29 is 23.4 Å². The molecule has 0 aliphatic heterocycles. The Labute approximate surface area is 156 Å². The number of nitro groups is 2. The fourth-order valence-corrected chi connectivity index (χ4v) is 5.02. The average molecular weight is 412 g/mol. The van der Waals surface area contributed by atoms with Gasteiger partial charge in [-0.15, -0.1) is 0 Å². The van der Waals surface area contributed by atoms with Crippen molar-refractivity contribution in [2.45, 2.75) is 41.2 Å². The lowest BCUT2D eigenvalue weighted by Crippen LogP contribution is -2.46. The molecule has 0 bridgehead atoms. The van der Waals surface area contributed by atoms with Gasteiger partial charge >= 0.3 is 0 Å². The van der Waals surface area contributed by atoms with Gasteiger partial charge in [-0.2, -0.15) is 0 Å². The highest BCUT2D eigenvalue weighted by Gasteiger charge is 2.45. The van der Waals surface area contributed by atoms with E-state index >= 15 is 0 Å². The molecule has 0 saturated heterocycles. The molecule has 1 aromatic carbocycles. The minimum atomic E-state index is -4.55. The largest absolute Gasteiger partial charge is 0.393 e. The van der Waals surface area contributed by atoms with E-state index in [0.717, 1.165) is 12.1 Å². The van der Waals surface area contributed by atoms with Crippen molar-refractivity contribution in [3.63, 3.8) is 0 Å².